The molecule has 1 saturated heterocycles. The summed E-state index contributed by atoms with van der Waals surface area (Å²) in [6.45, 7) is 4.00. The lowest BCUT2D eigenvalue weighted by molar-refractivity contribution is 0.0695. The van der Waals surface area contributed by atoms with E-state index in [1.165, 1.54) is 19.3 Å². The Morgan fingerprint density at radius 1 is 0.971 bits per heavy atom. The van der Waals surface area contributed by atoms with Gasteiger partial charge in [0.05, 0.1) is 0 Å². The summed E-state index contributed by atoms with van der Waals surface area (Å²) in [5.74, 6) is -0.0573. The van der Waals surface area contributed by atoms with E-state index in [1.807, 2.05) is 22.8 Å². The number of carbonyl (C=O) groups excluding carboxylic acids is 2. The van der Waals surface area contributed by atoms with E-state index in [2.05, 4.69) is 17.2 Å². The third kappa shape index (κ3) is 6.80. The first-order valence-corrected chi connectivity index (χ1v) is 13.3. The Bertz CT molecular complexity index is 1050. The molecule has 1 saturated carbocycles. The molecule has 4 rings (SSSR count). The van der Waals surface area contributed by atoms with Gasteiger partial charge in [-0.3, -0.25) is 19.4 Å². The van der Waals surface area contributed by atoms with E-state index < -0.39 is 5.43 Å². The van der Waals surface area contributed by atoms with E-state index in [9.17, 15) is 14.4 Å². The van der Waals surface area contributed by atoms with Crippen LogP contribution in [0.5, 0.6) is 0 Å². The Labute approximate surface area is 207 Å². The number of carbonyl (C=O) groups is 2. The maximum atomic E-state index is 13.4. The summed E-state index contributed by atoms with van der Waals surface area (Å²) >= 11 is 0. The third-order valence-corrected chi connectivity index (χ3v) is 7.42. The van der Waals surface area contributed by atoms with E-state index in [4.69, 9.17) is 0 Å². The number of aromatic nitrogens is 2. The molecular formula is C28H38N4O3. The predicted molar refractivity (Wildman–Crippen MR) is 137 cm³/mol. The number of aryl methyl sites for hydroxylation is 2. The molecule has 1 N–H and O–H groups in total. The molecular weight excluding hydrogens is 440 g/mol. The van der Waals surface area contributed by atoms with Gasteiger partial charge in [-0.1, -0.05) is 45.1 Å². The van der Waals surface area contributed by atoms with Gasteiger partial charge in [-0.05, 0) is 43.7 Å². The van der Waals surface area contributed by atoms with Crippen LogP contribution in [0.2, 0.25) is 0 Å². The number of rotatable bonds is 6. The maximum Gasteiger partial charge on any atom is 0.259 e. The van der Waals surface area contributed by atoms with Crippen LogP contribution in [0.4, 0.5) is 0 Å². The number of piperidine rings is 1. The molecule has 2 aromatic rings. The van der Waals surface area contributed by atoms with Gasteiger partial charge >= 0.3 is 0 Å². The second-order valence-corrected chi connectivity index (χ2v) is 10.2. The highest BCUT2D eigenvalue weighted by atomic mass is 16.2. The summed E-state index contributed by atoms with van der Waals surface area (Å²) in [6.07, 6.45) is 15.2. The highest BCUT2D eigenvalue weighted by molar-refractivity contribution is 5.99. The standard InChI is InChI=1S/C28H38N4O3/c1-21-12-17-32(18-13-21)28(35)25-20-31(16-14-22-9-7-8-15-29-22)19-24(26(25)33)27(34)30-23-10-5-3-2-4-6-11-23/h7-9,15,19-21,23H,2-6,10-14,16-18H2,1H3,(H,30,34). The average Bonchev–Trinajstić information content (AvgIpc) is 2.85. The lowest BCUT2D eigenvalue weighted by atomic mass is 9.96. The van der Waals surface area contributed by atoms with Crippen LogP contribution in [0, 0.1) is 5.92 Å². The molecule has 0 spiro atoms. The number of likely N-dealkylation sites (tertiary alicyclic amines) is 1. The predicted octanol–water partition coefficient (Wildman–Crippen LogP) is 4.20. The van der Waals surface area contributed by atoms with E-state index in [-0.39, 0.29) is 29.0 Å². The molecule has 7 nitrogen and oxygen atoms in total. The number of pyridine rings is 2. The van der Waals surface area contributed by atoms with Crippen LogP contribution >= 0.6 is 0 Å². The number of nitrogens with one attached hydrogen (secondary N) is 1. The molecule has 7 heteroatoms. The summed E-state index contributed by atoms with van der Waals surface area (Å²) < 4.78 is 1.81. The van der Waals surface area contributed by atoms with Gasteiger partial charge in [0, 0.05) is 56.4 Å². The molecule has 0 atom stereocenters. The summed E-state index contributed by atoms with van der Waals surface area (Å²) in [7, 11) is 0. The molecule has 0 aromatic carbocycles. The normalized spacial score (nSPS) is 18.0. The van der Waals surface area contributed by atoms with Crippen molar-refractivity contribution in [3.05, 3.63) is 63.8 Å². The lowest BCUT2D eigenvalue weighted by Gasteiger charge is -2.30. The molecule has 2 aromatic heterocycles. The molecule has 0 radical (unpaired) electrons. The minimum Gasteiger partial charge on any atom is -0.352 e. The fourth-order valence-electron chi connectivity index (χ4n) is 5.11. The molecule has 35 heavy (non-hydrogen) atoms. The van der Waals surface area contributed by atoms with Crippen LogP contribution in [0.1, 0.15) is 91.1 Å². The summed E-state index contributed by atoms with van der Waals surface area (Å²) in [5, 5.41) is 3.11. The van der Waals surface area contributed by atoms with Crippen molar-refractivity contribution in [1.82, 2.24) is 19.8 Å². The Hall–Kier alpha value is -2.96. The van der Waals surface area contributed by atoms with Gasteiger partial charge in [0.2, 0.25) is 5.43 Å². The van der Waals surface area contributed by atoms with Crippen molar-refractivity contribution < 1.29 is 9.59 Å². The van der Waals surface area contributed by atoms with Gasteiger partial charge in [0.15, 0.2) is 0 Å². The highest BCUT2D eigenvalue weighted by Gasteiger charge is 2.27. The van der Waals surface area contributed by atoms with Gasteiger partial charge in [-0.15, -0.1) is 0 Å². The smallest absolute Gasteiger partial charge is 0.259 e. The fourth-order valence-corrected chi connectivity index (χ4v) is 5.11. The zero-order valence-corrected chi connectivity index (χ0v) is 20.9. The molecule has 1 aliphatic heterocycles. The summed E-state index contributed by atoms with van der Waals surface area (Å²) in [5.41, 5.74) is 0.603. The van der Waals surface area contributed by atoms with Crippen molar-refractivity contribution in [3.8, 4) is 0 Å². The van der Waals surface area contributed by atoms with Gasteiger partial charge in [0.25, 0.3) is 11.8 Å². The van der Waals surface area contributed by atoms with Crippen molar-refractivity contribution in [2.75, 3.05) is 13.1 Å². The molecule has 188 valence electrons. The van der Waals surface area contributed by atoms with Crippen molar-refractivity contribution in [3.63, 3.8) is 0 Å². The Balaban J connectivity index is 1.59. The molecule has 3 heterocycles. The quantitative estimate of drug-likeness (QED) is 0.674. The van der Waals surface area contributed by atoms with Crippen LogP contribution in [0.25, 0.3) is 0 Å². The van der Waals surface area contributed by atoms with Crippen molar-refractivity contribution in [1.29, 1.82) is 0 Å². The molecule has 0 bridgehead atoms. The van der Waals surface area contributed by atoms with Gasteiger partial charge in [-0.25, -0.2) is 0 Å². The number of hydrogen-bond acceptors (Lipinski definition) is 4. The minimum absolute atomic E-state index is 0.0595. The topological polar surface area (TPSA) is 84.3 Å². The molecule has 2 fully saturated rings. The molecule has 0 unspecified atom stereocenters. The average molecular weight is 479 g/mol. The van der Waals surface area contributed by atoms with Crippen LogP contribution in [-0.4, -0.2) is 45.4 Å². The van der Waals surface area contributed by atoms with Crippen molar-refractivity contribution >= 4 is 11.8 Å². The van der Waals surface area contributed by atoms with Gasteiger partial charge in [0.1, 0.15) is 11.1 Å². The van der Waals surface area contributed by atoms with Crippen molar-refractivity contribution in [2.45, 2.75) is 83.7 Å². The first kappa shape index (κ1) is 25.1. The Morgan fingerprint density at radius 3 is 2.34 bits per heavy atom. The van der Waals surface area contributed by atoms with Crippen LogP contribution in [0.3, 0.4) is 0 Å². The monoisotopic (exact) mass is 478 g/mol. The lowest BCUT2D eigenvalue weighted by Crippen LogP contribution is -2.42. The number of hydrogen-bond donors (Lipinski definition) is 1. The first-order valence-electron chi connectivity index (χ1n) is 13.3. The van der Waals surface area contributed by atoms with Crippen molar-refractivity contribution in [2.24, 2.45) is 5.92 Å². The van der Waals surface area contributed by atoms with Gasteiger partial charge < -0.3 is 14.8 Å². The zero-order valence-electron chi connectivity index (χ0n) is 20.9. The molecule has 1 aliphatic carbocycles. The van der Waals surface area contributed by atoms with E-state index in [0.29, 0.717) is 32.0 Å². The maximum absolute atomic E-state index is 13.4. The number of nitrogens with zero attached hydrogens (tertiary/aromatic N) is 3. The van der Waals surface area contributed by atoms with Crippen LogP contribution < -0.4 is 10.7 Å². The minimum atomic E-state index is -0.467. The van der Waals surface area contributed by atoms with Crippen LogP contribution in [-0.2, 0) is 13.0 Å². The fraction of sp³-hybridized carbons (Fsp3) is 0.571. The summed E-state index contributed by atoms with van der Waals surface area (Å²) in [4.78, 5) is 46.2. The summed E-state index contributed by atoms with van der Waals surface area (Å²) in [6, 6.07) is 5.84. The second-order valence-electron chi connectivity index (χ2n) is 10.2. The first-order chi connectivity index (χ1) is 17.0. The van der Waals surface area contributed by atoms with E-state index >= 15 is 0 Å². The van der Waals surface area contributed by atoms with Gasteiger partial charge in [-0.2, -0.15) is 0 Å². The molecule has 2 aliphatic rings. The SMILES string of the molecule is CC1CCN(C(=O)c2cn(CCc3ccccn3)cc(C(=O)NC3CCCCCCC3)c2=O)CC1. The highest BCUT2D eigenvalue weighted by Crippen LogP contribution is 2.19. The third-order valence-electron chi connectivity index (χ3n) is 7.42. The van der Waals surface area contributed by atoms with E-state index in [1.54, 1.807) is 23.5 Å². The molecule has 2 amide bonds. The largest absolute Gasteiger partial charge is 0.352 e. The van der Waals surface area contributed by atoms with E-state index in [0.717, 1.165) is 44.2 Å². The second kappa shape index (κ2) is 12.1. The zero-order chi connectivity index (χ0) is 24.6. The Kier molecular flexibility index (Phi) is 8.72. The Morgan fingerprint density at radius 2 is 1.66 bits per heavy atom. The number of amides is 2. The van der Waals surface area contributed by atoms with Crippen LogP contribution in [0.15, 0.2) is 41.6 Å².